The van der Waals surface area contributed by atoms with E-state index in [-0.39, 0.29) is 5.75 Å². The Morgan fingerprint density at radius 3 is 2.75 bits per heavy atom. The van der Waals surface area contributed by atoms with Gasteiger partial charge in [0.2, 0.25) is 0 Å². The summed E-state index contributed by atoms with van der Waals surface area (Å²) in [6, 6.07) is 4.49. The van der Waals surface area contributed by atoms with Crippen molar-refractivity contribution in [2.75, 3.05) is 6.61 Å². The van der Waals surface area contributed by atoms with Crippen LogP contribution in [0.5, 0.6) is 5.75 Å². The normalized spacial score (nSPS) is 12.2. The maximum atomic E-state index is 13.5. The molecule has 0 fully saturated rings. The third-order valence-electron chi connectivity index (χ3n) is 2.22. The van der Waals surface area contributed by atoms with E-state index < -0.39 is 11.9 Å². The van der Waals surface area contributed by atoms with E-state index in [0.29, 0.717) is 18.6 Å². The maximum absolute atomic E-state index is 13.5. The smallest absolute Gasteiger partial charge is 0.165 e. The van der Waals surface area contributed by atoms with Gasteiger partial charge in [-0.15, -0.1) is 6.58 Å². The Morgan fingerprint density at radius 2 is 2.25 bits per heavy atom. The largest absolute Gasteiger partial charge is 0.490 e. The summed E-state index contributed by atoms with van der Waals surface area (Å²) in [5.41, 5.74) is 1.55. The van der Waals surface area contributed by atoms with Gasteiger partial charge in [0.25, 0.3) is 0 Å². The number of halogens is 1. The van der Waals surface area contributed by atoms with E-state index in [4.69, 9.17) is 4.74 Å². The van der Waals surface area contributed by atoms with Gasteiger partial charge in [0.15, 0.2) is 11.6 Å². The van der Waals surface area contributed by atoms with Gasteiger partial charge in [-0.25, -0.2) is 4.39 Å². The summed E-state index contributed by atoms with van der Waals surface area (Å²) in [6.07, 6.45) is 0.0383. The van der Waals surface area contributed by atoms with E-state index in [2.05, 4.69) is 6.58 Å². The molecule has 3 heteroatoms. The molecule has 0 radical (unpaired) electrons. The highest BCUT2D eigenvalue weighted by Crippen LogP contribution is 2.22. The summed E-state index contributed by atoms with van der Waals surface area (Å²) >= 11 is 0. The van der Waals surface area contributed by atoms with Crippen molar-refractivity contribution in [1.82, 2.24) is 0 Å². The molecule has 1 rings (SSSR count). The summed E-state index contributed by atoms with van der Waals surface area (Å²) in [5.74, 6) is -0.231. The first-order valence-corrected chi connectivity index (χ1v) is 5.25. The van der Waals surface area contributed by atoms with E-state index in [9.17, 15) is 9.50 Å². The van der Waals surface area contributed by atoms with Crippen molar-refractivity contribution in [2.45, 2.75) is 26.4 Å². The van der Waals surface area contributed by atoms with Crippen molar-refractivity contribution in [3.63, 3.8) is 0 Å². The van der Waals surface area contributed by atoms with Crippen molar-refractivity contribution < 1.29 is 14.2 Å². The Hall–Kier alpha value is -1.35. The molecule has 0 saturated carbocycles. The number of rotatable bonds is 5. The standard InChI is InChI=1S/C13H17FO2/c1-9(2)6-7-16-13-5-4-11(10(3)15)8-12(13)14/h4-5,8,10,15H,1,6-7H2,2-3H3/t10-/m0/s1. The number of aliphatic hydroxyl groups excluding tert-OH is 1. The molecule has 0 aliphatic carbocycles. The van der Waals surface area contributed by atoms with Crippen LogP contribution in [0.25, 0.3) is 0 Å². The molecule has 2 nitrogen and oxygen atoms in total. The average molecular weight is 224 g/mol. The summed E-state index contributed by atoms with van der Waals surface area (Å²) < 4.78 is 18.7. The van der Waals surface area contributed by atoms with Crippen molar-refractivity contribution in [1.29, 1.82) is 0 Å². The molecule has 0 spiro atoms. The molecule has 1 N–H and O–H groups in total. The van der Waals surface area contributed by atoms with E-state index >= 15 is 0 Å². The fraction of sp³-hybridized carbons (Fsp3) is 0.385. The molecule has 1 atom stereocenters. The predicted octanol–water partition coefficient (Wildman–Crippen LogP) is 3.22. The summed E-state index contributed by atoms with van der Waals surface area (Å²) in [4.78, 5) is 0. The lowest BCUT2D eigenvalue weighted by Gasteiger charge is -2.09. The van der Waals surface area contributed by atoms with Crippen LogP contribution < -0.4 is 4.74 Å². The minimum atomic E-state index is -0.668. The number of aliphatic hydroxyl groups is 1. The van der Waals surface area contributed by atoms with Crippen molar-refractivity contribution in [2.24, 2.45) is 0 Å². The predicted molar refractivity (Wildman–Crippen MR) is 62.0 cm³/mol. The van der Waals surface area contributed by atoms with E-state index in [1.165, 1.54) is 12.1 Å². The van der Waals surface area contributed by atoms with E-state index in [1.807, 2.05) is 6.92 Å². The lowest BCUT2D eigenvalue weighted by Crippen LogP contribution is -2.00. The number of benzene rings is 1. The van der Waals surface area contributed by atoms with Crippen LogP contribution in [0, 0.1) is 5.82 Å². The van der Waals surface area contributed by atoms with Gasteiger partial charge >= 0.3 is 0 Å². The third kappa shape index (κ3) is 3.66. The van der Waals surface area contributed by atoms with Crippen molar-refractivity contribution in [3.05, 3.63) is 41.7 Å². The zero-order chi connectivity index (χ0) is 12.1. The fourth-order valence-electron chi connectivity index (χ4n) is 1.23. The molecule has 0 aliphatic rings. The lowest BCUT2D eigenvalue weighted by molar-refractivity contribution is 0.198. The highest BCUT2D eigenvalue weighted by atomic mass is 19.1. The molecule has 0 saturated heterocycles. The second-order valence-corrected chi connectivity index (χ2v) is 3.92. The summed E-state index contributed by atoms with van der Waals surface area (Å²) in [7, 11) is 0. The first-order valence-electron chi connectivity index (χ1n) is 5.25. The van der Waals surface area contributed by atoms with Crippen LogP contribution in [0.15, 0.2) is 30.4 Å². The van der Waals surface area contributed by atoms with Crippen LogP contribution in [0.3, 0.4) is 0 Å². The Labute approximate surface area is 95.4 Å². The molecule has 1 aromatic carbocycles. The molecule has 16 heavy (non-hydrogen) atoms. The average Bonchev–Trinajstić information content (AvgIpc) is 2.19. The van der Waals surface area contributed by atoms with Crippen LogP contribution in [-0.4, -0.2) is 11.7 Å². The Bertz CT molecular complexity index is 372. The first-order chi connectivity index (χ1) is 7.50. The maximum Gasteiger partial charge on any atom is 0.165 e. The van der Waals surface area contributed by atoms with Crippen LogP contribution in [0.4, 0.5) is 4.39 Å². The SMILES string of the molecule is C=C(C)CCOc1ccc([C@H](C)O)cc1F. The first kappa shape index (κ1) is 12.7. The molecule has 1 aromatic rings. The molecule has 0 bridgehead atoms. The lowest BCUT2D eigenvalue weighted by atomic mass is 10.1. The van der Waals surface area contributed by atoms with Crippen molar-refractivity contribution >= 4 is 0 Å². The Balaban J connectivity index is 2.64. The van der Waals surface area contributed by atoms with Crippen LogP contribution >= 0.6 is 0 Å². The molecular formula is C13H17FO2. The van der Waals surface area contributed by atoms with Gasteiger partial charge < -0.3 is 9.84 Å². The number of ether oxygens (including phenoxy) is 1. The molecule has 0 heterocycles. The summed E-state index contributed by atoms with van der Waals surface area (Å²) in [6.45, 7) is 7.65. The molecule has 0 aliphatic heterocycles. The quantitative estimate of drug-likeness (QED) is 0.778. The Morgan fingerprint density at radius 1 is 1.56 bits per heavy atom. The molecule has 0 unspecified atom stereocenters. The van der Waals surface area contributed by atoms with Gasteiger partial charge in [-0.1, -0.05) is 11.6 Å². The molecular weight excluding hydrogens is 207 g/mol. The van der Waals surface area contributed by atoms with E-state index in [0.717, 1.165) is 5.57 Å². The van der Waals surface area contributed by atoms with Gasteiger partial charge in [-0.2, -0.15) is 0 Å². The zero-order valence-corrected chi connectivity index (χ0v) is 9.66. The van der Waals surface area contributed by atoms with Gasteiger partial charge in [0.1, 0.15) is 0 Å². The minimum absolute atomic E-state index is 0.214. The third-order valence-corrected chi connectivity index (χ3v) is 2.22. The molecule has 0 amide bonds. The van der Waals surface area contributed by atoms with Gasteiger partial charge in [0, 0.05) is 6.42 Å². The van der Waals surface area contributed by atoms with E-state index in [1.54, 1.807) is 13.0 Å². The molecule has 0 aromatic heterocycles. The van der Waals surface area contributed by atoms with Crippen molar-refractivity contribution in [3.8, 4) is 5.75 Å². The number of hydrogen-bond donors (Lipinski definition) is 1. The molecule has 88 valence electrons. The number of hydrogen-bond acceptors (Lipinski definition) is 2. The monoisotopic (exact) mass is 224 g/mol. The second-order valence-electron chi connectivity index (χ2n) is 3.92. The van der Waals surface area contributed by atoms with Gasteiger partial charge in [-0.3, -0.25) is 0 Å². The second kappa shape index (κ2) is 5.66. The minimum Gasteiger partial charge on any atom is -0.490 e. The highest BCUT2D eigenvalue weighted by Gasteiger charge is 2.07. The zero-order valence-electron chi connectivity index (χ0n) is 9.66. The van der Waals surface area contributed by atoms with Crippen LogP contribution in [0.2, 0.25) is 0 Å². The summed E-state index contributed by atoms with van der Waals surface area (Å²) in [5, 5.41) is 9.27. The topological polar surface area (TPSA) is 29.5 Å². The van der Waals surface area contributed by atoms with Gasteiger partial charge in [0.05, 0.1) is 12.7 Å². The van der Waals surface area contributed by atoms with Crippen LogP contribution in [0.1, 0.15) is 31.9 Å². The van der Waals surface area contributed by atoms with Gasteiger partial charge in [-0.05, 0) is 31.5 Å². The van der Waals surface area contributed by atoms with Crippen LogP contribution in [-0.2, 0) is 0 Å². The highest BCUT2D eigenvalue weighted by molar-refractivity contribution is 5.30. The fourth-order valence-corrected chi connectivity index (χ4v) is 1.23. The Kier molecular flexibility index (Phi) is 4.50.